The summed E-state index contributed by atoms with van der Waals surface area (Å²) in [6.07, 6.45) is 0. The molecular weight excluding hydrogens is 364 g/mol. The van der Waals surface area contributed by atoms with E-state index in [1.165, 1.54) is 11.3 Å². The van der Waals surface area contributed by atoms with Crippen molar-refractivity contribution in [2.24, 2.45) is 0 Å². The van der Waals surface area contributed by atoms with Crippen molar-refractivity contribution in [2.45, 2.75) is 0 Å². The number of hydrogen-bond acceptors (Lipinski definition) is 7. The smallest absolute Gasteiger partial charge is 0.235 e. The van der Waals surface area contributed by atoms with E-state index in [0.29, 0.717) is 28.0 Å². The maximum atomic E-state index is 5.91. The molecule has 7 nitrogen and oxygen atoms in total. The Balaban J connectivity index is 1.66. The van der Waals surface area contributed by atoms with E-state index in [1.807, 2.05) is 48.5 Å². The molecule has 3 aromatic heterocycles. The number of benzene rings is 2. The molecule has 0 aliphatic carbocycles. The zero-order valence-electron chi connectivity index (χ0n) is 14.5. The van der Waals surface area contributed by atoms with Crippen molar-refractivity contribution in [1.82, 2.24) is 19.8 Å². The summed E-state index contributed by atoms with van der Waals surface area (Å²) in [5.74, 6) is 2.47. The molecule has 5 aromatic rings. The Morgan fingerprint density at radius 3 is 2.70 bits per heavy atom. The van der Waals surface area contributed by atoms with Gasteiger partial charge in [-0.05, 0) is 24.3 Å². The summed E-state index contributed by atoms with van der Waals surface area (Å²) in [4.78, 5) is 0.672. The molecule has 0 saturated heterocycles. The lowest BCUT2D eigenvalue weighted by Gasteiger charge is -2.10. The maximum absolute atomic E-state index is 5.91. The average Bonchev–Trinajstić information content (AvgIpc) is 3.40. The van der Waals surface area contributed by atoms with Crippen LogP contribution in [0.25, 0.3) is 38.1 Å². The first-order valence-electron chi connectivity index (χ1n) is 8.21. The molecule has 0 fully saturated rings. The van der Waals surface area contributed by atoms with Crippen molar-refractivity contribution in [2.75, 3.05) is 14.2 Å². The molecule has 0 bridgehead atoms. The van der Waals surface area contributed by atoms with Gasteiger partial charge in [0.05, 0.1) is 19.8 Å². The molecule has 27 heavy (non-hydrogen) atoms. The molecule has 134 valence electrons. The minimum atomic E-state index is 0.561. The van der Waals surface area contributed by atoms with Crippen LogP contribution in [0.4, 0.5) is 0 Å². The highest BCUT2D eigenvalue weighted by molar-refractivity contribution is 7.19. The summed E-state index contributed by atoms with van der Waals surface area (Å²) in [5.41, 5.74) is 1.64. The van der Waals surface area contributed by atoms with Crippen molar-refractivity contribution in [3.8, 4) is 33.7 Å². The van der Waals surface area contributed by atoms with Crippen LogP contribution in [-0.4, -0.2) is 34.0 Å². The number of fused-ring (bicyclic) bond motifs is 2. The van der Waals surface area contributed by atoms with E-state index >= 15 is 0 Å². The van der Waals surface area contributed by atoms with Gasteiger partial charge in [0.15, 0.2) is 22.3 Å². The van der Waals surface area contributed by atoms with Crippen LogP contribution < -0.4 is 9.47 Å². The molecule has 0 atom stereocenters. The van der Waals surface area contributed by atoms with Crippen LogP contribution in [-0.2, 0) is 0 Å². The van der Waals surface area contributed by atoms with Crippen LogP contribution >= 0.6 is 11.3 Å². The molecule has 0 aliphatic heterocycles. The minimum Gasteiger partial charge on any atom is -0.493 e. The van der Waals surface area contributed by atoms with E-state index in [9.17, 15) is 0 Å². The largest absolute Gasteiger partial charge is 0.493 e. The van der Waals surface area contributed by atoms with Gasteiger partial charge in [0.1, 0.15) is 5.58 Å². The van der Waals surface area contributed by atoms with E-state index in [0.717, 1.165) is 21.5 Å². The van der Waals surface area contributed by atoms with Gasteiger partial charge >= 0.3 is 0 Å². The summed E-state index contributed by atoms with van der Waals surface area (Å²) >= 11 is 1.42. The average molecular weight is 378 g/mol. The SMILES string of the molecule is COc1cccc(-c2nn3c(-c4cc5ccccc5o4)nnc3s2)c1OC. The standard InChI is InChI=1S/C19H14N4O3S/c1-24-14-9-5-7-12(16(14)25-2)18-22-23-17(20-21-19(23)27-18)15-10-11-6-3-4-8-13(11)26-15/h3-10H,1-2H3. The van der Waals surface area contributed by atoms with E-state index < -0.39 is 0 Å². The number of para-hydroxylation sites is 2. The summed E-state index contributed by atoms with van der Waals surface area (Å²) in [5, 5.41) is 14.9. The van der Waals surface area contributed by atoms with Gasteiger partial charge in [0.2, 0.25) is 10.8 Å². The Kier molecular flexibility index (Phi) is 3.58. The third kappa shape index (κ3) is 2.45. The molecule has 8 heteroatoms. The summed E-state index contributed by atoms with van der Waals surface area (Å²) in [6.45, 7) is 0. The minimum absolute atomic E-state index is 0.561. The number of ether oxygens (including phenoxy) is 2. The second-order valence-corrected chi connectivity index (χ2v) is 6.77. The van der Waals surface area contributed by atoms with Gasteiger partial charge in [-0.2, -0.15) is 9.61 Å². The van der Waals surface area contributed by atoms with Gasteiger partial charge in [0.25, 0.3) is 0 Å². The van der Waals surface area contributed by atoms with Gasteiger partial charge in [-0.3, -0.25) is 0 Å². The number of aromatic nitrogens is 4. The molecule has 0 unspecified atom stereocenters. The highest BCUT2D eigenvalue weighted by Gasteiger charge is 2.20. The first-order chi connectivity index (χ1) is 13.3. The van der Waals surface area contributed by atoms with Crippen molar-refractivity contribution >= 4 is 27.3 Å². The lowest BCUT2D eigenvalue weighted by atomic mass is 10.2. The van der Waals surface area contributed by atoms with E-state index in [1.54, 1.807) is 18.7 Å². The molecular formula is C19H14N4O3S. The lowest BCUT2D eigenvalue weighted by molar-refractivity contribution is 0.356. The van der Waals surface area contributed by atoms with Gasteiger partial charge in [-0.25, -0.2) is 0 Å². The monoisotopic (exact) mass is 378 g/mol. The molecule has 0 amide bonds. The van der Waals surface area contributed by atoms with Crippen molar-refractivity contribution < 1.29 is 13.9 Å². The lowest BCUT2D eigenvalue weighted by Crippen LogP contribution is -1.94. The molecule has 0 radical (unpaired) electrons. The highest BCUT2D eigenvalue weighted by atomic mass is 32.1. The fourth-order valence-corrected chi connectivity index (χ4v) is 3.89. The summed E-state index contributed by atoms with van der Waals surface area (Å²) in [6, 6.07) is 15.5. The Morgan fingerprint density at radius 1 is 1.00 bits per heavy atom. The predicted molar refractivity (Wildman–Crippen MR) is 102 cm³/mol. The van der Waals surface area contributed by atoms with Crippen molar-refractivity contribution in [3.05, 3.63) is 48.5 Å². The topological polar surface area (TPSA) is 74.7 Å². The van der Waals surface area contributed by atoms with Gasteiger partial charge in [0, 0.05) is 5.39 Å². The number of hydrogen-bond donors (Lipinski definition) is 0. The second kappa shape index (κ2) is 6.10. The number of methoxy groups -OCH3 is 2. The van der Waals surface area contributed by atoms with Crippen LogP contribution in [0, 0.1) is 0 Å². The van der Waals surface area contributed by atoms with Gasteiger partial charge < -0.3 is 13.9 Å². The molecule has 0 N–H and O–H groups in total. The molecule has 2 aromatic carbocycles. The van der Waals surface area contributed by atoms with Gasteiger partial charge in [-0.1, -0.05) is 35.6 Å². The highest BCUT2D eigenvalue weighted by Crippen LogP contribution is 2.40. The van der Waals surface area contributed by atoms with Crippen LogP contribution in [0.15, 0.2) is 52.9 Å². The molecule has 3 heterocycles. The Morgan fingerprint density at radius 2 is 1.89 bits per heavy atom. The maximum Gasteiger partial charge on any atom is 0.235 e. The van der Waals surface area contributed by atoms with Crippen LogP contribution in [0.5, 0.6) is 11.5 Å². The van der Waals surface area contributed by atoms with Crippen LogP contribution in [0.2, 0.25) is 0 Å². The van der Waals surface area contributed by atoms with Crippen LogP contribution in [0.1, 0.15) is 0 Å². The first-order valence-corrected chi connectivity index (χ1v) is 9.02. The molecule has 0 aliphatic rings. The number of rotatable bonds is 4. The fourth-order valence-electron chi connectivity index (χ4n) is 3.03. The zero-order chi connectivity index (χ0) is 18.4. The second-order valence-electron chi connectivity index (χ2n) is 5.81. The first kappa shape index (κ1) is 15.8. The van der Waals surface area contributed by atoms with E-state index in [4.69, 9.17) is 13.9 Å². The molecule has 5 rings (SSSR count). The molecule has 0 spiro atoms. The Bertz CT molecular complexity index is 1240. The van der Waals surface area contributed by atoms with E-state index in [2.05, 4.69) is 15.3 Å². The zero-order valence-corrected chi connectivity index (χ0v) is 15.4. The summed E-state index contributed by atoms with van der Waals surface area (Å²) in [7, 11) is 3.22. The third-order valence-corrected chi connectivity index (χ3v) is 5.20. The Labute approximate surface area is 157 Å². The van der Waals surface area contributed by atoms with Crippen molar-refractivity contribution in [1.29, 1.82) is 0 Å². The van der Waals surface area contributed by atoms with E-state index in [-0.39, 0.29) is 0 Å². The van der Waals surface area contributed by atoms with Crippen molar-refractivity contribution in [3.63, 3.8) is 0 Å². The Hall–Kier alpha value is -3.39. The number of nitrogens with zero attached hydrogens (tertiary/aromatic N) is 4. The normalized spacial score (nSPS) is 11.3. The van der Waals surface area contributed by atoms with Crippen LogP contribution in [0.3, 0.4) is 0 Å². The quantitative estimate of drug-likeness (QED) is 0.465. The fraction of sp³-hybridized carbons (Fsp3) is 0.105. The van der Waals surface area contributed by atoms with Gasteiger partial charge in [-0.15, -0.1) is 10.2 Å². The summed E-state index contributed by atoms with van der Waals surface area (Å²) < 4.78 is 18.5. The molecule has 0 saturated carbocycles. The predicted octanol–water partition coefficient (Wildman–Crippen LogP) is 4.28. The third-order valence-electron chi connectivity index (χ3n) is 4.27. The number of furan rings is 1.